The lowest BCUT2D eigenvalue weighted by Gasteiger charge is -2.12. The van der Waals surface area contributed by atoms with E-state index in [9.17, 15) is 18.0 Å². The lowest BCUT2D eigenvalue weighted by atomic mass is 10.0. The van der Waals surface area contributed by atoms with Crippen LogP contribution in [0.5, 0.6) is 0 Å². The zero-order chi connectivity index (χ0) is 19.6. The number of nitrogens with zero attached hydrogens (tertiary/aromatic N) is 1. The zero-order valence-electron chi connectivity index (χ0n) is 13.8. The number of hydrogen-bond donors (Lipinski definition) is 3. The van der Waals surface area contributed by atoms with Crippen molar-refractivity contribution >= 4 is 40.4 Å². The van der Waals surface area contributed by atoms with Crippen molar-refractivity contribution in [1.29, 1.82) is 0 Å². The Bertz CT molecular complexity index is 954. The SMILES string of the molecule is NC1=NC=C(c2cccc(NC(=O)Nc3ccc(C(F)(F)F)c(Cl)c3)c2)C1. The smallest absolute Gasteiger partial charge is 0.387 e. The Morgan fingerprint density at radius 1 is 1.11 bits per heavy atom. The van der Waals surface area contributed by atoms with Crippen LogP contribution in [-0.2, 0) is 6.18 Å². The maximum atomic E-state index is 12.7. The first-order valence-electron chi connectivity index (χ1n) is 7.79. The molecular weight excluding hydrogens is 381 g/mol. The number of rotatable bonds is 3. The van der Waals surface area contributed by atoms with Crippen molar-refractivity contribution in [2.24, 2.45) is 10.7 Å². The van der Waals surface area contributed by atoms with Crippen LogP contribution in [0.3, 0.4) is 0 Å². The molecule has 0 fully saturated rings. The van der Waals surface area contributed by atoms with Gasteiger partial charge in [-0.1, -0.05) is 23.7 Å². The summed E-state index contributed by atoms with van der Waals surface area (Å²) in [5, 5.41) is 4.57. The number of nitrogens with two attached hydrogens (primary N) is 1. The second-order valence-electron chi connectivity index (χ2n) is 5.80. The number of carbonyl (C=O) groups excluding carboxylic acids is 1. The zero-order valence-corrected chi connectivity index (χ0v) is 14.5. The Labute approximate surface area is 157 Å². The minimum absolute atomic E-state index is 0.140. The van der Waals surface area contributed by atoms with Gasteiger partial charge in [-0.15, -0.1) is 0 Å². The number of nitrogens with one attached hydrogen (secondary N) is 2. The molecule has 1 aliphatic heterocycles. The lowest BCUT2D eigenvalue weighted by molar-refractivity contribution is -0.137. The van der Waals surface area contributed by atoms with Crippen LogP contribution >= 0.6 is 11.6 Å². The highest BCUT2D eigenvalue weighted by atomic mass is 35.5. The molecule has 1 aliphatic rings. The number of amides is 2. The van der Waals surface area contributed by atoms with E-state index in [4.69, 9.17) is 17.3 Å². The molecule has 2 amide bonds. The maximum absolute atomic E-state index is 12.7. The summed E-state index contributed by atoms with van der Waals surface area (Å²) < 4.78 is 38.1. The Morgan fingerprint density at radius 2 is 1.81 bits per heavy atom. The normalized spacial score (nSPS) is 13.8. The first-order valence-corrected chi connectivity index (χ1v) is 8.16. The van der Waals surface area contributed by atoms with E-state index in [-0.39, 0.29) is 5.69 Å². The number of anilines is 2. The summed E-state index contributed by atoms with van der Waals surface area (Å²) in [4.78, 5) is 16.1. The summed E-state index contributed by atoms with van der Waals surface area (Å²) in [7, 11) is 0. The predicted octanol–water partition coefficient (Wildman–Crippen LogP) is 5.10. The minimum atomic E-state index is -4.56. The van der Waals surface area contributed by atoms with E-state index < -0.39 is 22.8 Å². The van der Waals surface area contributed by atoms with Gasteiger partial charge in [0, 0.05) is 24.0 Å². The van der Waals surface area contributed by atoms with Gasteiger partial charge in [-0.2, -0.15) is 13.2 Å². The van der Waals surface area contributed by atoms with Gasteiger partial charge >= 0.3 is 12.2 Å². The van der Waals surface area contributed by atoms with Gasteiger partial charge in [-0.25, -0.2) is 9.79 Å². The molecule has 140 valence electrons. The van der Waals surface area contributed by atoms with E-state index in [1.807, 2.05) is 6.07 Å². The summed E-state index contributed by atoms with van der Waals surface area (Å²) in [6.45, 7) is 0. The molecule has 0 spiro atoms. The van der Waals surface area contributed by atoms with Crippen molar-refractivity contribution < 1.29 is 18.0 Å². The average Bonchev–Trinajstić information content (AvgIpc) is 3.00. The van der Waals surface area contributed by atoms with E-state index in [1.165, 1.54) is 0 Å². The standard InChI is InChI=1S/C18H14ClF3N4O/c19-15-8-13(4-5-14(15)18(20,21)22)26-17(27)25-12-3-1-2-10(6-12)11-7-16(23)24-9-11/h1-6,8-9H,7H2,(H2,23,24)(H2,25,26,27). The van der Waals surface area contributed by atoms with Gasteiger partial charge in [-0.3, -0.25) is 0 Å². The molecule has 0 unspecified atom stereocenters. The largest absolute Gasteiger partial charge is 0.417 e. The van der Waals surface area contributed by atoms with Crippen molar-refractivity contribution in [3.05, 3.63) is 64.8 Å². The molecule has 9 heteroatoms. The van der Waals surface area contributed by atoms with E-state index in [0.29, 0.717) is 17.9 Å². The third-order valence-corrected chi connectivity index (χ3v) is 4.09. The van der Waals surface area contributed by atoms with Gasteiger partial charge in [0.15, 0.2) is 0 Å². The lowest BCUT2D eigenvalue weighted by Crippen LogP contribution is -2.19. The number of benzene rings is 2. The fourth-order valence-corrected chi connectivity index (χ4v) is 2.82. The van der Waals surface area contributed by atoms with Crippen molar-refractivity contribution in [2.45, 2.75) is 12.6 Å². The molecular formula is C18H14ClF3N4O. The fourth-order valence-electron chi connectivity index (χ4n) is 2.54. The number of alkyl halides is 3. The maximum Gasteiger partial charge on any atom is 0.417 e. The number of amidine groups is 1. The first kappa shape index (κ1) is 18.8. The molecule has 0 bridgehead atoms. The van der Waals surface area contributed by atoms with Crippen LogP contribution in [0.2, 0.25) is 5.02 Å². The van der Waals surface area contributed by atoms with Gasteiger partial charge < -0.3 is 16.4 Å². The number of aliphatic imine (C=N–C) groups is 1. The molecule has 0 atom stereocenters. The fraction of sp³-hybridized carbons (Fsp3) is 0.111. The average molecular weight is 395 g/mol. The summed E-state index contributed by atoms with van der Waals surface area (Å²) >= 11 is 5.64. The molecule has 5 nitrogen and oxygen atoms in total. The molecule has 3 rings (SSSR count). The highest BCUT2D eigenvalue weighted by Crippen LogP contribution is 2.35. The molecule has 0 radical (unpaired) electrons. The highest BCUT2D eigenvalue weighted by Gasteiger charge is 2.33. The van der Waals surface area contributed by atoms with Crippen LogP contribution in [-0.4, -0.2) is 11.9 Å². The second-order valence-corrected chi connectivity index (χ2v) is 6.21. The van der Waals surface area contributed by atoms with Gasteiger partial charge in [0.2, 0.25) is 0 Å². The number of halogens is 4. The van der Waals surface area contributed by atoms with E-state index in [2.05, 4.69) is 15.6 Å². The van der Waals surface area contributed by atoms with Gasteiger partial charge in [0.05, 0.1) is 10.6 Å². The van der Waals surface area contributed by atoms with E-state index >= 15 is 0 Å². The van der Waals surface area contributed by atoms with Crippen LogP contribution in [0.15, 0.2) is 53.7 Å². The number of hydrogen-bond acceptors (Lipinski definition) is 3. The van der Waals surface area contributed by atoms with Crippen molar-refractivity contribution in [2.75, 3.05) is 10.6 Å². The van der Waals surface area contributed by atoms with E-state index in [0.717, 1.165) is 29.3 Å². The van der Waals surface area contributed by atoms with Gasteiger partial charge in [0.1, 0.15) is 5.84 Å². The van der Waals surface area contributed by atoms with Crippen LogP contribution < -0.4 is 16.4 Å². The predicted molar refractivity (Wildman–Crippen MR) is 99.8 cm³/mol. The summed E-state index contributed by atoms with van der Waals surface area (Å²) in [5.41, 5.74) is 7.12. The summed E-state index contributed by atoms with van der Waals surface area (Å²) in [5.74, 6) is 0.514. The van der Waals surface area contributed by atoms with Crippen molar-refractivity contribution in [1.82, 2.24) is 0 Å². The summed E-state index contributed by atoms with van der Waals surface area (Å²) in [6, 6.07) is 9.43. The van der Waals surface area contributed by atoms with Crippen LogP contribution in [0, 0.1) is 0 Å². The topological polar surface area (TPSA) is 79.5 Å². The second kappa shape index (κ2) is 7.32. The molecule has 0 aromatic heterocycles. The monoisotopic (exact) mass is 394 g/mol. The van der Waals surface area contributed by atoms with Gasteiger partial charge in [0.25, 0.3) is 0 Å². The van der Waals surface area contributed by atoms with Crippen molar-refractivity contribution in [3.63, 3.8) is 0 Å². The van der Waals surface area contributed by atoms with Crippen LogP contribution in [0.25, 0.3) is 5.57 Å². The molecule has 2 aromatic rings. The molecule has 27 heavy (non-hydrogen) atoms. The third kappa shape index (κ3) is 4.59. The van der Waals surface area contributed by atoms with E-state index in [1.54, 1.807) is 24.4 Å². The first-order chi connectivity index (χ1) is 12.7. The molecule has 0 saturated heterocycles. The van der Waals surface area contributed by atoms with Crippen LogP contribution in [0.4, 0.5) is 29.3 Å². The highest BCUT2D eigenvalue weighted by molar-refractivity contribution is 6.31. The Morgan fingerprint density at radius 3 is 2.41 bits per heavy atom. The summed E-state index contributed by atoms with van der Waals surface area (Å²) in [6.07, 6.45) is -2.36. The number of urea groups is 1. The number of carbonyl (C=O) groups is 1. The minimum Gasteiger partial charge on any atom is -0.387 e. The van der Waals surface area contributed by atoms with Crippen LogP contribution in [0.1, 0.15) is 17.5 Å². The Balaban J connectivity index is 1.67. The molecule has 2 aromatic carbocycles. The third-order valence-electron chi connectivity index (χ3n) is 3.78. The van der Waals surface area contributed by atoms with Gasteiger partial charge in [-0.05, 0) is 41.5 Å². The molecule has 4 N–H and O–H groups in total. The van der Waals surface area contributed by atoms with Crippen molar-refractivity contribution in [3.8, 4) is 0 Å². The Kier molecular flexibility index (Phi) is 5.09. The quantitative estimate of drug-likeness (QED) is 0.676. The molecule has 0 aliphatic carbocycles. The molecule has 1 heterocycles. The Hall–Kier alpha value is -3.00. The molecule has 0 saturated carbocycles.